The normalized spacial score (nSPS) is 18.0. The summed E-state index contributed by atoms with van der Waals surface area (Å²) in [6.07, 6.45) is 5.39. The maximum absolute atomic E-state index is 13.1. The maximum atomic E-state index is 13.1. The van der Waals surface area contributed by atoms with E-state index in [1.165, 1.54) is 0 Å². The number of ether oxygens (including phenoxy) is 1. The van der Waals surface area contributed by atoms with Crippen molar-refractivity contribution >= 4 is 23.0 Å². The topological polar surface area (TPSA) is 78.5 Å². The predicted molar refractivity (Wildman–Crippen MR) is 131 cm³/mol. The van der Waals surface area contributed by atoms with Gasteiger partial charge in [0.2, 0.25) is 5.91 Å². The summed E-state index contributed by atoms with van der Waals surface area (Å²) in [6.45, 7) is 11.2. The third-order valence-electron chi connectivity index (χ3n) is 6.84. The molecule has 2 amide bonds. The molecule has 0 saturated carbocycles. The fourth-order valence-corrected chi connectivity index (χ4v) is 5.15. The van der Waals surface area contributed by atoms with Gasteiger partial charge in [0.25, 0.3) is 0 Å². The van der Waals surface area contributed by atoms with Gasteiger partial charge in [0, 0.05) is 49.9 Å². The van der Waals surface area contributed by atoms with E-state index in [0.29, 0.717) is 19.6 Å². The van der Waals surface area contributed by atoms with Gasteiger partial charge in [-0.25, -0.2) is 9.78 Å². The van der Waals surface area contributed by atoms with Crippen molar-refractivity contribution in [2.24, 2.45) is 0 Å². The first kappa shape index (κ1) is 22.4. The Morgan fingerprint density at radius 3 is 2.68 bits per heavy atom. The molecule has 1 aromatic carbocycles. The quantitative estimate of drug-likeness (QED) is 0.550. The Labute approximate surface area is 200 Å². The van der Waals surface area contributed by atoms with Crippen LogP contribution in [0.4, 0.5) is 4.79 Å². The Balaban J connectivity index is 1.60. The molecule has 0 spiro atoms. The van der Waals surface area contributed by atoms with Crippen LogP contribution in [0.15, 0.2) is 30.6 Å². The van der Waals surface area contributed by atoms with E-state index in [2.05, 4.69) is 35.1 Å². The number of H-pyrrole nitrogens is 1. The Morgan fingerprint density at radius 1 is 1.15 bits per heavy atom. The minimum atomic E-state index is -0.547. The molecule has 2 aliphatic heterocycles. The van der Waals surface area contributed by atoms with Crippen LogP contribution in [0.2, 0.25) is 0 Å². The van der Waals surface area contributed by atoms with Crippen molar-refractivity contribution in [1.82, 2.24) is 19.8 Å². The molecule has 34 heavy (non-hydrogen) atoms. The molecule has 0 aliphatic carbocycles. The van der Waals surface area contributed by atoms with Crippen LogP contribution in [-0.2, 0) is 22.6 Å². The van der Waals surface area contributed by atoms with E-state index in [1.54, 1.807) is 6.92 Å². The van der Waals surface area contributed by atoms with Gasteiger partial charge in [0.15, 0.2) is 0 Å². The first-order valence-electron chi connectivity index (χ1n) is 12.0. The number of pyridine rings is 1. The van der Waals surface area contributed by atoms with Gasteiger partial charge in [-0.05, 0) is 86.6 Å². The smallest absolute Gasteiger partial charge is 0.410 e. The molecule has 7 heteroatoms. The van der Waals surface area contributed by atoms with Gasteiger partial charge >= 0.3 is 6.09 Å². The zero-order valence-electron chi connectivity index (χ0n) is 20.6. The van der Waals surface area contributed by atoms with Gasteiger partial charge in [0.1, 0.15) is 11.2 Å². The largest absolute Gasteiger partial charge is 0.444 e. The molecule has 5 rings (SSSR count). The molecule has 178 valence electrons. The number of amides is 2. The van der Waals surface area contributed by atoms with Crippen molar-refractivity contribution in [2.45, 2.75) is 72.2 Å². The summed E-state index contributed by atoms with van der Waals surface area (Å²) in [5.41, 5.74) is 6.99. The molecule has 0 unspecified atom stereocenters. The SMILES string of the molecule is CC(=O)N1Cc2cc(-c3cnc4[nH]cc(C)c4c3)cc([C@@H]3CCCN3C(=O)OC(C)(C)C)c2C1. The second-order valence-corrected chi connectivity index (χ2v) is 10.5. The number of benzene rings is 1. The van der Waals surface area contributed by atoms with Crippen molar-refractivity contribution < 1.29 is 14.3 Å². The number of aromatic amines is 1. The molecule has 4 heterocycles. The standard InChI is InChI=1S/C27H32N4O3/c1-16-12-28-25-21(16)11-19(13-29-25)18-9-20-14-30(17(2)32)15-23(20)22(10-18)24-7-6-8-31(24)26(33)34-27(3,4)5/h9-13,24H,6-8,14-15H2,1-5H3,(H,28,29)/t24-/m0/s1. The lowest BCUT2D eigenvalue weighted by molar-refractivity contribution is -0.129. The second kappa shape index (κ2) is 8.15. The van der Waals surface area contributed by atoms with E-state index in [9.17, 15) is 9.59 Å². The second-order valence-electron chi connectivity index (χ2n) is 10.5. The maximum Gasteiger partial charge on any atom is 0.410 e. The van der Waals surface area contributed by atoms with Crippen LogP contribution in [0.1, 0.15) is 68.8 Å². The van der Waals surface area contributed by atoms with E-state index in [-0.39, 0.29) is 18.0 Å². The molecule has 2 aliphatic rings. The zero-order valence-corrected chi connectivity index (χ0v) is 20.6. The van der Waals surface area contributed by atoms with Crippen molar-refractivity contribution in [3.05, 3.63) is 52.8 Å². The first-order chi connectivity index (χ1) is 16.1. The number of carbonyl (C=O) groups is 2. The number of rotatable bonds is 2. The Hall–Kier alpha value is -3.35. The van der Waals surface area contributed by atoms with Crippen LogP contribution in [0.5, 0.6) is 0 Å². The van der Waals surface area contributed by atoms with Gasteiger partial charge < -0.3 is 19.5 Å². The first-order valence-corrected chi connectivity index (χ1v) is 12.0. The summed E-state index contributed by atoms with van der Waals surface area (Å²) in [6, 6.07) is 6.47. The van der Waals surface area contributed by atoms with E-state index >= 15 is 0 Å². The minimum absolute atomic E-state index is 0.0603. The highest BCUT2D eigenvalue weighted by Crippen LogP contribution is 2.41. The van der Waals surface area contributed by atoms with Gasteiger partial charge in [0.05, 0.1) is 6.04 Å². The van der Waals surface area contributed by atoms with Crippen LogP contribution >= 0.6 is 0 Å². The summed E-state index contributed by atoms with van der Waals surface area (Å²) in [5, 5.41) is 1.10. The Bertz CT molecular complexity index is 1290. The number of hydrogen-bond acceptors (Lipinski definition) is 4. The lowest BCUT2D eigenvalue weighted by Gasteiger charge is -2.30. The summed E-state index contributed by atoms with van der Waals surface area (Å²) < 4.78 is 5.73. The highest BCUT2D eigenvalue weighted by molar-refractivity contribution is 5.85. The van der Waals surface area contributed by atoms with E-state index in [0.717, 1.165) is 57.3 Å². The fourth-order valence-electron chi connectivity index (χ4n) is 5.15. The molecule has 0 bridgehead atoms. The van der Waals surface area contributed by atoms with Crippen molar-refractivity contribution in [2.75, 3.05) is 6.54 Å². The van der Waals surface area contributed by atoms with Crippen LogP contribution in [0, 0.1) is 6.92 Å². The number of nitrogens with zero attached hydrogens (tertiary/aromatic N) is 3. The Kier molecular flexibility index (Phi) is 5.38. The molecule has 2 aromatic heterocycles. The summed E-state index contributed by atoms with van der Waals surface area (Å²) in [4.78, 5) is 36.8. The van der Waals surface area contributed by atoms with Crippen LogP contribution in [0.3, 0.4) is 0 Å². The summed E-state index contributed by atoms with van der Waals surface area (Å²) in [7, 11) is 0. The molecule has 1 fully saturated rings. The van der Waals surface area contributed by atoms with Crippen LogP contribution in [0.25, 0.3) is 22.2 Å². The van der Waals surface area contributed by atoms with E-state index in [4.69, 9.17) is 4.74 Å². The number of carbonyl (C=O) groups excluding carboxylic acids is 2. The predicted octanol–water partition coefficient (Wildman–Crippen LogP) is 5.47. The van der Waals surface area contributed by atoms with Crippen molar-refractivity contribution in [3.63, 3.8) is 0 Å². The Morgan fingerprint density at radius 2 is 1.94 bits per heavy atom. The lowest BCUT2D eigenvalue weighted by Crippen LogP contribution is -2.36. The summed E-state index contributed by atoms with van der Waals surface area (Å²) in [5.74, 6) is 0.0603. The molecule has 0 radical (unpaired) electrons. The van der Waals surface area contributed by atoms with Crippen molar-refractivity contribution in [3.8, 4) is 11.1 Å². The van der Waals surface area contributed by atoms with Crippen molar-refractivity contribution in [1.29, 1.82) is 0 Å². The number of aryl methyl sites for hydroxylation is 1. The zero-order chi connectivity index (χ0) is 24.2. The molecule has 1 atom stereocenters. The van der Waals surface area contributed by atoms with Gasteiger partial charge in [-0.1, -0.05) is 0 Å². The van der Waals surface area contributed by atoms with Gasteiger partial charge in [-0.3, -0.25) is 4.79 Å². The number of aromatic nitrogens is 2. The molecule has 7 nitrogen and oxygen atoms in total. The highest BCUT2D eigenvalue weighted by Gasteiger charge is 2.36. The average molecular weight is 461 g/mol. The summed E-state index contributed by atoms with van der Waals surface area (Å²) >= 11 is 0. The van der Waals surface area contributed by atoms with Gasteiger partial charge in [-0.15, -0.1) is 0 Å². The van der Waals surface area contributed by atoms with Crippen LogP contribution < -0.4 is 0 Å². The molecule has 1 saturated heterocycles. The number of hydrogen-bond donors (Lipinski definition) is 1. The van der Waals surface area contributed by atoms with Crippen LogP contribution in [-0.4, -0.2) is 43.9 Å². The monoisotopic (exact) mass is 460 g/mol. The fraction of sp³-hybridized carbons (Fsp3) is 0.444. The molecular weight excluding hydrogens is 428 g/mol. The highest BCUT2D eigenvalue weighted by atomic mass is 16.6. The number of fused-ring (bicyclic) bond motifs is 2. The van der Waals surface area contributed by atoms with E-state index < -0.39 is 5.60 Å². The lowest BCUT2D eigenvalue weighted by atomic mass is 9.91. The molecular formula is C27H32N4O3. The molecule has 1 N–H and O–H groups in total. The number of likely N-dealkylation sites (tertiary alicyclic amines) is 1. The third kappa shape index (κ3) is 4.04. The third-order valence-corrected chi connectivity index (χ3v) is 6.84. The number of nitrogens with one attached hydrogen (secondary N) is 1. The van der Waals surface area contributed by atoms with Gasteiger partial charge in [-0.2, -0.15) is 0 Å². The van der Waals surface area contributed by atoms with E-state index in [1.807, 2.05) is 43.0 Å². The minimum Gasteiger partial charge on any atom is -0.444 e. The average Bonchev–Trinajstić information content (AvgIpc) is 3.50. The molecule has 3 aromatic rings.